The van der Waals surface area contributed by atoms with Gasteiger partial charge in [0.1, 0.15) is 11.6 Å². The number of halogens is 3. The number of nitrogens with one attached hydrogen (secondary N) is 2. The first kappa shape index (κ1) is 24.7. The molecule has 0 aliphatic heterocycles. The van der Waals surface area contributed by atoms with E-state index in [1.165, 1.54) is 13.4 Å². The molecule has 0 radical (unpaired) electrons. The molecule has 0 bridgehead atoms. The number of carbonyl (C=O) groups is 2. The number of rotatable bonds is 10. The Hall–Kier alpha value is -2.30. The van der Waals surface area contributed by atoms with Crippen molar-refractivity contribution in [2.45, 2.75) is 64.4 Å². The molecule has 0 aliphatic carbocycles. The summed E-state index contributed by atoms with van der Waals surface area (Å²) in [7, 11) is 1.26. The fourth-order valence-corrected chi connectivity index (χ4v) is 2.41. The molecule has 0 saturated carbocycles. The second-order valence-electron chi connectivity index (χ2n) is 7.48. The van der Waals surface area contributed by atoms with E-state index in [9.17, 15) is 22.8 Å². The Balaban J connectivity index is 2.47. The number of hydrogen-bond donors (Lipinski definition) is 2. The van der Waals surface area contributed by atoms with Crippen molar-refractivity contribution < 1.29 is 32.2 Å². The largest absolute Gasteiger partial charge is 0.468 e. The summed E-state index contributed by atoms with van der Waals surface area (Å²) in [6.07, 6.45) is -2.42. The minimum Gasteiger partial charge on any atom is -0.468 e. The molecule has 1 aromatic heterocycles. The number of carbonyl (C=O) groups excluding carboxylic acids is 2. The van der Waals surface area contributed by atoms with Gasteiger partial charge in [0, 0.05) is 38.7 Å². The Bertz CT molecular complexity index is 656. The van der Waals surface area contributed by atoms with Crippen LogP contribution in [0.2, 0.25) is 0 Å². The average molecular weight is 422 g/mol. The van der Waals surface area contributed by atoms with Crippen molar-refractivity contribution in [3.05, 3.63) is 18.2 Å². The van der Waals surface area contributed by atoms with Gasteiger partial charge in [-0.3, -0.25) is 4.79 Å². The molecule has 29 heavy (non-hydrogen) atoms. The second kappa shape index (κ2) is 11.0. The smallest absolute Gasteiger partial charge is 0.407 e. The lowest BCUT2D eigenvalue weighted by Crippen LogP contribution is -2.44. The van der Waals surface area contributed by atoms with E-state index in [2.05, 4.69) is 15.6 Å². The van der Waals surface area contributed by atoms with Crippen molar-refractivity contribution in [3.63, 3.8) is 0 Å². The van der Waals surface area contributed by atoms with E-state index in [0.29, 0.717) is 5.69 Å². The Labute approximate surface area is 168 Å². The van der Waals surface area contributed by atoms with E-state index in [-0.39, 0.29) is 32.5 Å². The molecule has 11 heteroatoms. The molecule has 1 rings (SSSR count). The second-order valence-corrected chi connectivity index (χ2v) is 7.48. The van der Waals surface area contributed by atoms with Crippen LogP contribution in [0.3, 0.4) is 0 Å². The lowest BCUT2D eigenvalue weighted by molar-refractivity contribution is -0.143. The SMILES string of the molecule is COC(=O)[C@H](Cc1cn(CCCC(F)(F)F)cn1)NCCNC(=O)OC(C)(C)C. The van der Waals surface area contributed by atoms with Crippen LogP contribution >= 0.6 is 0 Å². The van der Waals surface area contributed by atoms with Gasteiger partial charge in [-0.05, 0) is 27.2 Å². The van der Waals surface area contributed by atoms with Crippen LogP contribution in [-0.4, -0.2) is 59.6 Å². The van der Waals surface area contributed by atoms with E-state index >= 15 is 0 Å². The molecule has 1 atom stereocenters. The predicted molar refractivity (Wildman–Crippen MR) is 99.3 cm³/mol. The van der Waals surface area contributed by atoms with E-state index in [0.717, 1.165) is 0 Å². The fourth-order valence-electron chi connectivity index (χ4n) is 2.41. The Morgan fingerprint density at radius 2 is 1.93 bits per heavy atom. The Morgan fingerprint density at radius 1 is 1.24 bits per heavy atom. The highest BCUT2D eigenvalue weighted by molar-refractivity contribution is 5.76. The monoisotopic (exact) mass is 422 g/mol. The van der Waals surface area contributed by atoms with Crippen molar-refractivity contribution in [3.8, 4) is 0 Å². The summed E-state index contributed by atoms with van der Waals surface area (Å²) in [6, 6.07) is -0.709. The molecule has 0 aliphatic rings. The summed E-state index contributed by atoms with van der Waals surface area (Å²) >= 11 is 0. The van der Waals surface area contributed by atoms with Gasteiger partial charge in [0.15, 0.2) is 0 Å². The van der Waals surface area contributed by atoms with Gasteiger partial charge in [-0.15, -0.1) is 0 Å². The van der Waals surface area contributed by atoms with Crippen LogP contribution in [0.25, 0.3) is 0 Å². The van der Waals surface area contributed by atoms with Crippen molar-refractivity contribution >= 4 is 12.1 Å². The number of alkyl carbamates (subject to hydrolysis) is 1. The number of amides is 1. The number of nitrogens with zero attached hydrogens (tertiary/aromatic N) is 2. The first-order valence-corrected chi connectivity index (χ1v) is 9.25. The van der Waals surface area contributed by atoms with Crippen LogP contribution in [0, 0.1) is 0 Å². The molecule has 8 nitrogen and oxygen atoms in total. The third-order valence-corrected chi connectivity index (χ3v) is 3.65. The maximum Gasteiger partial charge on any atom is 0.407 e. The Morgan fingerprint density at radius 3 is 2.52 bits per heavy atom. The normalized spacial score (nSPS) is 13.1. The number of methoxy groups -OCH3 is 1. The molecule has 1 heterocycles. The number of alkyl halides is 3. The molecular formula is C18H29F3N4O4. The average Bonchev–Trinajstić information content (AvgIpc) is 3.01. The number of imidazole rings is 1. The van der Waals surface area contributed by atoms with E-state index in [1.54, 1.807) is 31.5 Å². The molecular weight excluding hydrogens is 393 g/mol. The summed E-state index contributed by atoms with van der Waals surface area (Å²) in [5.74, 6) is -0.506. The highest BCUT2D eigenvalue weighted by Crippen LogP contribution is 2.21. The van der Waals surface area contributed by atoms with Crippen molar-refractivity contribution in [1.82, 2.24) is 20.2 Å². The van der Waals surface area contributed by atoms with E-state index in [1.807, 2.05) is 0 Å². The Kier molecular flexibility index (Phi) is 9.41. The fraction of sp³-hybridized carbons (Fsp3) is 0.722. The van der Waals surface area contributed by atoms with Crippen LogP contribution in [0.15, 0.2) is 12.5 Å². The molecule has 166 valence electrons. The molecule has 0 spiro atoms. The summed E-state index contributed by atoms with van der Waals surface area (Å²) in [5, 5.41) is 5.53. The van der Waals surface area contributed by atoms with E-state index < -0.39 is 36.3 Å². The summed E-state index contributed by atoms with van der Waals surface area (Å²) in [5.41, 5.74) is -0.0645. The minimum atomic E-state index is -4.18. The highest BCUT2D eigenvalue weighted by atomic mass is 19.4. The minimum absolute atomic E-state index is 0.0473. The van der Waals surface area contributed by atoms with Crippen LogP contribution in [0.5, 0.6) is 0 Å². The van der Waals surface area contributed by atoms with Gasteiger partial charge in [-0.2, -0.15) is 13.2 Å². The third kappa shape index (κ3) is 11.3. The lowest BCUT2D eigenvalue weighted by atomic mass is 10.1. The van der Waals surface area contributed by atoms with Crippen LogP contribution in [-0.2, 0) is 27.2 Å². The summed E-state index contributed by atoms with van der Waals surface area (Å²) in [6.45, 7) is 5.95. The number of esters is 1. The first-order chi connectivity index (χ1) is 13.4. The van der Waals surface area contributed by atoms with Gasteiger partial charge >= 0.3 is 18.2 Å². The van der Waals surface area contributed by atoms with Gasteiger partial charge in [0.2, 0.25) is 0 Å². The zero-order chi connectivity index (χ0) is 22.1. The number of ether oxygens (including phenoxy) is 2. The summed E-state index contributed by atoms with van der Waals surface area (Å²) in [4.78, 5) is 27.7. The molecule has 0 aromatic carbocycles. The number of hydrogen-bond acceptors (Lipinski definition) is 6. The van der Waals surface area contributed by atoms with Crippen LogP contribution in [0.4, 0.5) is 18.0 Å². The van der Waals surface area contributed by atoms with Gasteiger partial charge in [0.25, 0.3) is 0 Å². The van der Waals surface area contributed by atoms with Gasteiger partial charge in [0.05, 0.1) is 19.1 Å². The van der Waals surface area contributed by atoms with Crippen molar-refractivity contribution in [1.29, 1.82) is 0 Å². The maximum atomic E-state index is 12.2. The van der Waals surface area contributed by atoms with Crippen LogP contribution in [0.1, 0.15) is 39.3 Å². The zero-order valence-electron chi connectivity index (χ0n) is 17.1. The lowest BCUT2D eigenvalue weighted by Gasteiger charge is -2.20. The topological polar surface area (TPSA) is 94.5 Å². The highest BCUT2D eigenvalue weighted by Gasteiger charge is 2.26. The zero-order valence-corrected chi connectivity index (χ0v) is 17.1. The molecule has 1 aromatic rings. The molecule has 0 saturated heterocycles. The number of aryl methyl sites for hydroxylation is 1. The number of aromatic nitrogens is 2. The molecule has 0 fully saturated rings. The maximum absolute atomic E-state index is 12.2. The predicted octanol–water partition coefficient (Wildman–Crippen LogP) is 2.42. The third-order valence-electron chi connectivity index (χ3n) is 3.65. The van der Waals surface area contributed by atoms with Crippen molar-refractivity contribution in [2.24, 2.45) is 0 Å². The molecule has 0 unspecified atom stereocenters. The van der Waals surface area contributed by atoms with Gasteiger partial charge in [-0.25, -0.2) is 9.78 Å². The molecule has 1 amide bonds. The molecule has 2 N–H and O–H groups in total. The van der Waals surface area contributed by atoms with Gasteiger partial charge in [-0.1, -0.05) is 0 Å². The first-order valence-electron chi connectivity index (χ1n) is 9.25. The summed E-state index contributed by atoms with van der Waals surface area (Å²) < 4.78 is 48.1. The van der Waals surface area contributed by atoms with Crippen molar-refractivity contribution in [2.75, 3.05) is 20.2 Å². The standard InChI is InChI=1S/C18H29F3N4O4/c1-17(2,3)29-16(27)23-8-7-22-14(15(26)28-4)10-13-11-25(12-24-13)9-5-6-18(19,20)21/h11-12,14,22H,5-10H2,1-4H3,(H,23,27)/t14-/m0/s1. The van der Waals surface area contributed by atoms with Gasteiger partial charge < -0.3 is 24.7 Å². The quantitative estimate of drug-likeness (QED) is 0.444. The van der Waals surface area contributed by atoms with Crippen LogP contribution < -0.4 is 10.6 Å². The van der Waals surface area contributed by atoms with E-state index in [4.69, 9.17) is 9.47 Å².